The number of benzene rings is 2. The number of nitrogens with two attached hydrogens (primary N) is 1. The van der Waals surface area contributed by atoms with Gasteiger partial charge in [0.2, 0.25) is 17.7 Å². The second-order valence-electron chi connectivity index (χ2n) is 5.75. The Morgan fingerprint density at radius 1 is 1.07 bits per heavy atom. The van der Waals surface area contributed by atoms with Crippen LogP contribution in [0.1, 0.15) is 10.4 Å². The standard InChI is InChI=1S/C19H18N4O5S/c1-26-14-7-12(8-15(9-14)27-2)18-22-23-19(28-18)29-10-16(24)21-13-5-3-11(4-6-13)17(20)25/h3-9H,10H2,1-2H3,(H2,20,25)(H,21,24). The number of primary amides is 1. The number of ether oxygens (including phenoxy) is 2. The van der Waals surface area contributed by atoms with Gasteiger partial charge in [-0.3, -0.25) is 9.59 Å². The van der Waals surface area contributed by atoms with Gasteiger partial charge < -0.3 is 24.9 Å². The minimum Gasteiger partial charge on any atom is -0.497 e. The first kappa shape index (κ1) is 20.2. The Bertz CT molecular complexity index is 997. The first-order valence-electron chi connectivity index (χ1n) is 8.38. The number of nitrogens with zero attached hydrogens (tertiary/aromatic N) is 2. The zero-order valence-corrected chi connectivity index (χ0v) is 16.5. The maximum atomic E-state index is 12.1. The maximum absolute atomic E-state index is 12.1. The third kappa shape index (κ3) is 5.26. The molecule has 29 heavy (non-hydrogen) atoms. The second-order valence-corrected chi connectivity index (χ2v) is 6.68. The van der Waals surface area contributed by atoms with Crippen LogP contribution in [-0.2, 0) is 4.79 Å². The van der Waals surface area contributed by atoms with Crippen LogP contribution in [0.15, 0.2) is 52.1 Å². The number of anilines is 1. The molecule has 0 saturated carbocycles. The van der Waals surface area contributed by atoms with Crippen molar-refractivity contribution in [3.63, 3.8) is 0 Å². The minimum absolute atomic E-state index is 0.0701. The summed E-state index contributed by atoms with van der Waals surface area (Å²) in [7, 11) is 3.10. The zero-order chi connectivity index (χ0) is 20.8. The number of aromatic nitrogens is 2. The Labute approximate surface area is 170 Å². The summed E-state index contributed by atoms with van der Waals surface area (Å²) in [4.78, 5) is 23.2. The quantitative estimate of drug-likeness (QED) is 0.538. The third-order valence-corrected chi connectivity index (χ3v) is 4.60. The second kappa shape index (κ2) is 9.11. The fraction of sp³-hybridized carbons (Fsp3) is 0.158. The van der Waals surface area contributed by atoms with Gasteiger partial charge in [0.05, 0.1) is 20.0 Å². The van der Waals surface area contributed by atoms with Crippen LogP contribution in [0.25, 0.3) is 11.5 Å². The smallest absolute Gasteiger partial charge is 0.277 e. The summed E-state index contributed by atoms with van der Waals surface area (Å²) >= 11 is 1.10. The first-order chi connectivity index (χ1) is 14.0. The maximum Gasteiger partial charge on any atom is 0.277 e. The van der Waals surface area contributed by atoms with Crippen LogP contribution >= 0.6 is 11.8 Å². The van der Waals surface area contributed by atoms with Gasteiger partial charge in [0.25, 0.3) is 5.22 Å². The summed E-state index contributed by atoms with van der Waals surface area (Å²) in [5.74, 6) is 0.749. The van der Waals surface area contributed by atoms with E-state index < -0.39 is 5.91 Å². The highest BCUT2D eigenvalue weighted by atomic mass is 32.2. The fourth-order valence-corrected chi connectivity index (χ4v) is 2.92. The van der Waals surface area contributed by atoms with Gasteiger partial charge in [0.15, 0.2) is 0 Å². The van der Waals surface area contributed by atoms with Crippen LogP contribution in [0, 0.1) is 0 Å². The molecule has 0 saturated heterocycles. The van der Waals surface area contributed by atoms with E-state index in [4.69, 9.17) is 19.6 Å². The summed E-state index contributed by atoms with van der Waals surface area (Å²) in [6.07, 6.45) is 0. The molecule has 0 spiro atoms. The van der Waals surface area contributed by atoms with Crippen LogP contribution in [0.4, 0.5) is 5.69 Å². The molecule has 3 N–H and O–H groups in total. The van der Waals surface area contributed by atoms with Crippen molar-refractivity contribution < 1.29 is 23.5 Å². The number of carbonyl (C=O) groups is 2. The lowest BCUT2D eigenvalue weighted by molar-refractivity contribution is -0.113. The van der Waals surface area contributed by atoms with E-state index in [0.29, 0.717) is 28.3 Å². The van der Waals surface area contributed by atoms with Gasteiger partial charge in [-0.15, -0.1) is 10.2 Å². The lowest BCUT2D eigenvalue weighted by atomic mass is 10.2. The van der Waals surface area contributed by atoms with Crippen molar-refractivity contribution in [1.82, 2.24) is 10.2 Å². The highest BCUT2D eigenvalue weighted by Crippen LogP contribution is 2.30. The van der Waals surface area contributed by atoms with Gasteiger partial charge in [-0.2, -0.15) is 0 Å². The van der Waals surface area contributed by atoms with E-state index in [1.807, 2.05) is 0 Å². The number of carbonyl (C=O) groups excluding carboxylic acids is 2. The average molecular weight is 414 g/mol. The van der Waals surface area contributed by atoms with Crippen LogP contribution in [0.3, 0.4) is 0 Å². The molecule has 2 aromatic carbocycles. The molecule has 3 aromatic rings. The fourth-order valence-electron chi connectivity index (χ4n) is 2.36. The number of methoxy groups -OCH3 is 2. The van der Waals surface area contributed by atoms with Crippen molar-refractivity contribution in [3.05, 3.63) is 48.0 Å². The van der Waals surface area contributed by atoms with E-state index in [0.717, 1.165) is 11.8 Å². The van der Waals surface area contributed by atoms with Gasteiger partial charge in [-0.1, -0.05) is 11.8 Å². The molecule has 1 aromatic heterocycles. The third-order valence-electron chi connectivity index (χ3n) is 3.78. The molecule has 0 aliphatic rings. The van der Waals surface area contributed by atoms with E-state index in [1.165, 1.54) is 12.1 Å². The topological polar surface area (TPSA) is 130 Å². The number of hydrogen-bond donors (Lipinski definition) is 2. The summed E-state index contributed by atoms with van der Waals surface area (Å²) < 4.78 is 16.1. The van der Waals surface area contributed by atoms with Crippen LogP contribution in [0.2, 0.25) is 0 Å². The van der Waals surface area contributed by atoms with Crippen LogP contribution < -0.4 is 20.5 Å². The largest absolute Gasteiger partial charge is 0.497 e. The van der Waals surface area contributed by atoms with Gasteiger partial charge in [-0.25, -0.2) is 0 Å². The van der Waals surface area contributed by atoms with Gasteiger partial charge >= 0.3 is 0 Å². The Balaban J connectivity index is 1.60. The Morgan fingerprint density at radius 2 is 1.72 bits per heavy atom. The highest BCUT2D eigenvalue weighted by molar-refractivity contribution is 7.99. The molecule has 0 aliphatic heterocycles. The van der Waals surface area contributed by atoms with Crippen molar-refractivity contribution in [3.8, 4) is 23.0 Å². The molecule has 2 amide bonds. The molecule has 0 fully saturated rings. The Kier molecular flexibility index (Phi) is 6.35. The molecular weight excluding hydrogens is 396 g/mol. The number of thioether (sulfide) groups is 1. The molecule has 10 heteroatoms. The first-order valence-corrected chi connectivity index (χ1v) is 9.36. The Hall–Kier alpha value is -3.53. The van der Waals surface area contributed by atoms with Crippen molar-refractivity contribution in [1.29, 1.82) is 0 Å². The molecule has 0 bridgehead atoms. The lowest BCUT2D eigenvalue weighted by Gasteiger charge is -2.05. The molecule has 0 atom stereocenters. The van der Waals surface area contributed by atoms with E-state index in [-0.39, 0.29) is 22.8 Å². The molecule has 150 valence electrons. The van der Waals surface area contributed by atoms with Crippen LogP contribution in [0.5, 0.6) is 11.5 Å². The number of amides is 2. The van der Waals surface area contributed by atoms with E-state index >= 15 is 0 Å². The molecule has 0 radical (unpaired) electrons. The molecule has 1 heterocycles. The predicted molar refractivity (Wildman–Crippen MR) is 107 cm³/mol. The molecule has 0 unspecified atom stereocenters. The molecule has 0 aliphatic carbocycles. The highest BCUT2D eigenvalue weighted by Gasteiger charge is 2.13. The van der Waals surface area contributed by atoms with Gasteiger partial charge in [0.1, 0.15) is 11.5 Å². The summed E-state index contributed by atoms with van der Waals surface area (Å²) in [6.45, 7) is 0. The van der Waals surface area contributed by atoms with Crippen molar-refractivity contribution in [2.24, 2.45) is 5.73 Å². The minimum atomic E-state index is -0.528. The number of nitrogens with one attached hydrogen (secondary N) is 1. The van der Waals surface area contributed by atoms with Crippen molar-refractivity contribution in [2.75, 3.05) is 25.3 Å². The number of hydrogen-bond acceptors (Lipinski definition) is 8. The summed E-state index contributed by atoms with van der Waals surface area (Å²) in [6, 6.07) is 11.5. The van der Waals surface area contributed by atoms with Gasteiger partial charge in [0, 0.05) is 22.9 Å². The number of rotatable bonds is 8. The molecule has 3 rings (SSSR count). The summed E-state index contributed by atoms with van der Waals surface area (Å²) in [5.41, 5.74) is 6.74. The normalized spacial score (nSPS) is 10.4. The van der Waals surface area contributed by atoms with Gasteiger partial charge in [-0.05, 0) is 36.4 Å². The zero-order valence-electron chi connectivity index (χ0n) is 15.7. The molecule has 9 nitrogen and oxygen atoms in total. The average Bonchev–Trinajstić information content (AvgIpc) is 3.21. The SMILES string of the molecule is COc1cc(OC)cc(-c2nnc(SCC(=O)Nc3ccc(C(N)=O)cc3)o2)c1. The monoisotopic (exact) mass is 414 g/mol. The predicted octanol–water partition coefficient (Wildman–Crippen LogP) is 2.58. The lowest BCUT2D eigenvalue weighted by Crippen LogP contribution is -2.15. The van der Waals surface area contributed by atoms with E-state index in [9.17, 15) is 9.59 Å². The van der Waals surface area contributed by atoms with Crippen molar-refractivity contribution >= 4 is 29.3 Å². The summed E-state index contributed by atoms with van der Waals surface area (Å²) in [5, 5.41) is 10.9. The van der Waals surface area contributed by atoms with Crippen LogP contribution in [-0.4, -0.2) is 42.0 Å². The molecular formula is C19H18N4O5S. The van der Waals surface area contributed by atoms with Crippen molar-refractivity contribution in [2.45, 2.75) is 5.22 Å². The Morgan fingerprint density at radius 3 is 2.31 bits per heavy atom. The van der Waals surface area contributed by atoms with E-state index in [2.05, 4.69) is 15.5 Å². The van der Waals surface area contributed by atoms with E-state index in [1.54, 1.807) is 44.6 Å².